The summed E-state index contributed by atoms with van der Waals surface area (Å²) in [6.45, 7) is 0.558. The number of halogens is 3. The molecule has 0 saturated heterocycles. The first-order valence-corrected chi connectivity index (χ1v) is 6.34. The Morgan fingerprint density at radius 3 is 2.47 bits per heavy atom. The maximum absolute atomic E-state index is 11.8. The first kappa shape index (κ1) is 15.9. The maximum atomic E-state index is 11.8. The van der Waals surface area contributed by atoms with Gasteiger partial charge in [0.1, 0.15) is 6.61 Å². The van der Waals surface area contributed by atoms with E-state index in [1.165, 1.54) is 0 Å². The quantitative estimate of drug-likeness (QED) is 0.742. The van der Waals surface area contributed by atoms with Crippen molar-refractivity contribution in [2.75, 3.05) is 6.61 Å². The molecule has 0 aromatic heterocycles. The molecule has 1 rings (SSSR count). The van der Waals surface area contributed by atoms with Crippen molar-refractivity contribution in [1.29, 1.82) is 0 Å². The number of nitrogens with one attached hydrogen (secondary N) is 1. The molecule has 0 bridgehead atoms. The molecule has 1 amide bonds. The first-order valence-electron chi connectivity index (χ1n) is 6.34. The fraction of sp³-hybridized carbons (Fsp3) is 0.833. The molecule has 1 saturated carbocycles. The third kappa shape index (κ3) is 7.15. The number of Topliss-reactive ketones (excluding diaryl/α,β-unsaturated/α-hetero) is 1. The minimum absolute atomic E-state index is 0.245. The molecule has 0 spiro atoms. The van der Waals surface area contributed by atoms with Gasteiger partial charge in [-0.3, -0.25) is 14.3 Å². The van der Waals surface area contributed by atoms with Gasteiger partial charge in [-0.25, -0.2) is 0 Å². The fourth-order valence-electron chi connectivity index (χ4n) is 1.67. The van der Waals surface area contributed by atoms with Crippen LogP contribution in [0, 0.1) is 5.92 Å². The van der Waals surface area contributed by atoms with E-state index in [1.807, 2.05) is 0 Å². The molecule has 1 fully saturated rings. The second-order valence-electron chi connectivity index (χ2n) is 4.71. The summed E-state index contributed by atoms with van der Waals surface area (Å²) < 4.78 is 38.9. The second-order valence-corrected chi connectivity index (χ2v) is 4.71. The lowest BCUT2D eigenvalue weighted by molar-refractivity contribution is -0.321. The van der Waals surface area contributed by atoms with Crippen LogP contribution in [0.25, 0.3) is 0 Å². The van der Waals surface area contributed by atoms with Gasteiger partial charge in [-0.1, -0.05) is 19.8 Å². The van der Waals surface area contributed by atoms with Crippen molar-refractivity contribution in [3.05, 3.63) is 0 Å². The topological polar surface area (TPSA) is 55.4 Å². The molecule has 0 radical (unpaired) electrons. The van der Waals surface area contributed by atoms with Gasteiger partial charge < -0.3 is 5.32 Å². The molecule has 7 heteroatoms. The van der Waals surface area contributed by atoms with E-state index in [0.717, 1.165) is 19.3 Å². The van der Waals surface area contributed by atoms with Gasteiger partial charge in [-0.2, -0.15) is 0 Å². The number of carbonyl (C=O) groups excluding carboxylic acids is 2. The Morgan fingerprint density at radius 2 is 2.00 bits per heavy atom. The monoisotopic (exact) mass is 281 g/mol. The highest BCUT2D eigenvalue weighted by Crippen LogP contribution is 2.33. The van der Waals surface area contributed by atoms with Gasteiger partial charge >= 0.3 is 6.36 Å². The highest BCUT2D eigenvalue weighted by Gasteiger charge is 2.31. The van der Waals surface area contributed by atoms with Gasteiger partial charge in [-0.15, -0.1) is 13.2 Å². The molecule has 1 aliphatic carbocycles. The molecular weight excluding hydrogens is 263 g/mol. The summed E-state index contributed by atoms with van der Waals surface area (Å²) in [7, 11) is 0. The predicted molar refractivity (Wildman–Crippen MR) is 61.2 cm³/mol. The molecule has 4 nitrogen and oxygen atoms in total. The van der Waals surface area contributed by atoms with E-state index in [9.17, 15) is 22.8 Å². The summed E-state index contributed by atoms with van der Waals surface area (Å²) in [6.07, 6.45) is -1.24. The van der Waals surface area contributed by atoms with Crippen LogP contribution >= 0.6 is 0 Å². The van der Waals surface area contributed by atoms with Crippen LogP contribution in [0.2, 0.25) is 0 Å². The van der Waals surface area contributed by atoms with Crippen molar-refractivity contribution in [3.63, 3.8) is 0 Å². The Bertz CT molecular complexity index is 327. The minimum Gasteiger partial charge on any atom is -0.346 e. The standard InChI is InChI=1S/C12H18F3NO3/c1-2-9(10(17)7-19-12(13,14)15)16-11(18)6-5-8-3-4-8/h8-9H,2-7H2,1H3,(H,16,18)/t9-/m0/s1. The Labute approximate surface area is 109 Å². The number of ether oxygens (including phenoxy) is 1. The highest BCUT2D eigenvalue weighted by molar-refractivity contribution is 5.89. The molecule has 0 aromatic carbocycles. The van der Waals surface area contributed by atoms with Crippen molar-refractivity contribution in [2.24, 2.45) is 5.92 Å². The van der Waals surface area contributed by atoms with Crippen LogP contribution in [0.15, 0.2) is 0 Å². The number of amides is 1. The number of hydrogen-bond donors (Lipinski definition) is 1. The Balaban J connectivity index is 2.29. The van der Waals surface area contributed by atoms with E-state index in [2.05, 4.69) is 10.1 Å². The molecular formula is C12H18F3NO3. The molecule has 110 valence electrons. The van der Waals surface area contributed by atoms with E-state index in [1.54, 1.807) is 6.92 Å². The van der Waals surface area contributed by atoms with Crippen LogP contribution in [0.1, 0.15) is 39.0 Å². The fourth-order valence-corrected chi connectivity index (χ4v) is 1.67. The zero-order chi connectivity index (χ0) is 14.5. The van der Waals surface area contributed by atoms with Crippen LogP contribution in [-0.2, 0) is 14.3 Å². The van der Waals surface area contributed by atoms with Gasteiger partial charge in [0.2, 0.25) is 5.91 Å². The normalized spacial score (nSPS) is 17.1. The van der Waals surface area contributed by atoms with Gasteiger partial charge in [0.25, 0.3) is 0 Å². The smallest absolute Gasteiger partial charge is 0.346 e. The van der Waals surface area contributed by atoms with Crippen LogP contribution in [0.5, 0.6) is 0 Å². The molecule has 1 aliphatic rings. The number of ketones is 1. The Morgan fingerprint density at radius 1 is 1.37 bits per heavy atom. The minimum atomic E-state index is -4.83. The van der Waals surface area contributed by atoms with E-state index < -0.39 is 24.8 Å². The average molecular weight is 281 g/mol. The van der Waals surface area contributed by atoms with Crippen LogP contribution in [0.3, 0.4) is 0 Å². The van der Waals surface area contributed by atoms with Crippen molar-refractivity contribution < 1.29 is 27.5 Å². The van der Waals surface area contributed by atoms with Crippen molar-refractivity contribution >= 4 is 11.7 Å². The number of alkyl halides is 3. The van der Waals surface area contributed by atoms with Crippen molar-refractivity contribution in [1.82, 2.24) is 5.32 Å². The number of hydrogen-bond acceptors (Lipinski definition) is 3. The van der Waals surface area contributed by atoms with Gasteiger partial charge in [0.05, 0.1) is 6.04 Å². The van der Waals surface area contributed by atoms with Crippen LogP contribution in [0.4, 0.5) is 13.2 Å². The Hall–Kier alpha value is -1.11. The van der Waals surface area contributed by atoms with Crippen molar-refractivity contribution in [3.8, 4) is 0 Å². The van der Waals surface area contributed by atoms with Gasteiger partial charge in [0, 0.05) is 6.42 Å². The molecule has 19 heavy (non-hydrogen) atoms. The average Bonchev–Trinajstić information content (AvgIpc) is 3.13. The van der Waals surface area contributed by atoms with Gasteiger partial charge in [0.15, 0.2) is 5.78 Å². The third-order valence-corrected chi connectivity index (χ3v) is 2.99. The van der Waals surface area contributed by atoms with E-state index >= 15 is 0 Å². The molecule has 0 unspecified atom stereocenters. The first-order chi connectivity index (χ1) is 8.81. The lowest BCUT2D eigenvalue weighted by Gasteiger charge is -2.16. The maximum Gasteiger partial charge on any atom is 0.522 e. The molecule has 0 aliphatic heterocycles. The second kappa shape index (κ2) is 6.88. The summed E-state index contributed by atoms with van der Waals surface area (Å²) in [5, 5.41) is 2.45. The lowest BCUT2D eigenvalue weighted by atomic mass is 10.1. The van der Waals surface area contributed by atoms with Crippen LogP contribution < -0.4 is 5.32 Å². The van der Waals surface area contributed by atoms with Crippen molar-refractivity contribution in [2.45, 2.75) is 51.4 Å². The zero-order valence-corrected chi connectivity index (χ0v) is 10.8. The zero-order valence-electron chi connectivity index (χ0n) is 10.8. The highest BCUT2D eigenvalue weighted by atomic mass is 19.4. The summed E-state index contributed by atoms with van der Waals surface area (Å²) >= 11 is 0. The third-order valence-electron chi connectivity index (χ3n) is 2.99. The van der Waals surface area contributed by atoms with E-state index in [-0.39, 0.29) is 12.3 Å². The summed E-state index contributed by atoms with van der Waals surface area (Å²) in [4.78, 5) is 23.0. The van der Waals surface area contributed by atoms with E-state index in [4.69, 9.17) is 0 Å². The molecule has 0 aromatic rings. The predicted octanol–water partition coefficient (Wildman–Crippen LogP) is 2.18. The molecule has 1 N–H and O–H groups in total. The molecule has 0 heterocycles. The SMILES string of the molecule is CC[C@H](NC(=O)CCC1CC1)C(=O)COC(F)(F)F. The summed E-state index contributed by atoms with van der Waals surface area (Å²) in [5.41, 5.74) is 0. The molecule has 1 atom stereocenters. The summed E-state index contributed by atoms with van der Waals surface area (Å²) in [6, 6.07) is -0.908. The van der Waals surface area contributed by atoms with Crippen LogP contribution in [-0.4, -0.2) is 30.7 Å². The summed E-state index contributed by atoms with van der Waals surface area (Å²) in [5.74, 6) is -0.464. The lowest BCUT2D eigenvalue weighted by Crippen LogP contribution is -2.42. The van der Waals surface area contributed by atoms with E-state index in [0.29, 0.717) is 12.3 Å². The number of carbonyl (C=O) groups is 2. The van der Waals surface area contributed by atoms with Gasteiger partial charge in [-0.05, 0) is 18.8 Å². The largest absolute Gasteiger partial charge is 0.522 e. The Kier molecular flexibility index (Phi) is 5.78. The number of rotatable bonds is 8.